The first-order valence-electron chi connectivity index (χ1n) is 6.82. The SMILES string of the molecule is C=CCN(Cc1nccn1Cc1c(F)cccc1Cl)C(C)=O. The Labute approximate surface area is 133 Å². The number of aromatic nitrogens is 2. The molecular formula is C16H17ClFN3O. The third kappa shape index (κ3) is 3.74. The summed E-state index contributed by atoms with van der Waals surface area (Å²) in [6, 6.07) is 4.59. The zero-order chi connectivity index (χ0) is 16.1. The van der Waals surface area contributed by atoms with Gasteiger partial charge < -0.3 is 9.47 Å². The number of carbonyl (C=O) groups is 1. The lowest BCUT2D eigenvalue weighted by atomic mass is 10.2. The Bertz CT molecular complexity index is 664. The summed E-state index contributed by atoms with van der Waals surface area (Å²) in [7, 11) is 0. The van der Waals surface area contributed by atoms with Gasteiger partial charge in [-0.25, -0.2) is 9.37 Å². The highest BCUT2D eigenvalue weighted by Crippen LogP contribution is 2.20. The summed E-state index contributed by atoms with van der Waals surface area (Å²) in [5.41, 5.74) is 0.404. The average molecular weight is 322 g/mol. The summed E-state index contributed by atoms with van der Waals surface area (Å²) in [4.78, 5) is 17.4. The Morgan fingerprint density at radius 3 is 2.95 bits per heavy atom. The highest BCUT2D eigenvalue weighted by Gasteiger charge is 2.14. The standard InChI is InChI=1S/C16H17ClFN3O/c1-3-8-20(12(2)22)11-16-19-7-9-21(16)10-13-14(17)5-4-6-15(13)18/h3-7,9H,1,8,10-11H2,2H3. The zero-order valence-corrected chi connectivity index (χ0v) is 13.1. The molecule has 0 aliphatic heterocycles. The molecule has 0 radical (unpaired) electrons. The van der Waals surface area contributed by atoms with Gasteiger partial charge in [-0.3, -0.25) is 4.79 Å². The maximum Gasteiger partial charge on any atom is 0.220 e. The largest absolute Gasteiger partial charge is 0.332 e. The molecule has 0 atom stereocenters. The minimum absolute atomic E-state index is 0.0709. The number of benzene rings is 1. The fourth-order valence-electron chi connectivity index (χ4n) is 2.12. The monoisotopic (exact) mass is 321 g/mol. The predicted octanol–water partition coefficient (Wildman–Crippen LogP) is 3.26. The topological polar surface area (TPSA) is 38.1 Å². The van der Waals surface area contributed by atoms with E-state index in [-0.39, 0.29) is 18.3 Å². The lowest BCUT2D eigenvalue weighted by Gasteiger charge is -2.19. The van der Waals surface area contributed by atoms with Crippen molar-refractivity contribution in [1.29, 1.82) is 0 Å². The molecule has 0 N–H and O–H groups in total. The van der Waals surface area contributed by atoms with Gasteiger partial charge in [-0.1, -0.05) is 23.7 Å². The van der Waals surface area contributed by atoms with Crippen molar-refractivity contribution in [3.8, 4) is 0 Å². The van der Waals surface area contributed by atoms with Gasteiger partial charge >= 0.3 is 0 Å². The van der Waals surface area contributed by atoms with Gasteiger partial charge in [-0.05, 0) is 12.1 Å². The zero-order valence-electron chi connectivity index (χ0n) is 12.3. The molecule has 0 spiro atoms. The van der Waals surface area contributed by atoms with E-state index in [0.29, 0.717) is 29.5 Å². The number of hydrogen-bond acceptors (Lipinski definition) is 2. The van der Waals surface area contributed by atoms with Crippen molar-refractivity contribution in [3.63, 3.8) is 0 Å². The van der Waals surface area contributed by atoms with Gasteiger partial charge in [0.15, 0.2) is 0 Å². The number of imidazole rings is 1. The van der Waals surface area contributed by atoms with Crippen LogP contribution >= 0.6 is 11.6 Å². The predicted molar refractivity (Wildman–Crippen MR) is 84.0 cm³/mol. The number of hydrogen-bond donors (Lipinski definition) is 0. The van der Waals surface area contributed by atoms with E-state index >= 15 is 0 Å². The molecule has 0 saturated carbocycles. The Hall–Kier alpha value is -2.14. The highest BCUT2D eigenvalue weighted by atomic mass is 35.5. The summed E-state index contributed by atoms with van der Waals surface area (Å²) in [5.74, 6) is 0.233. The number of nitrogens with zero attached hydrogens (tertiary/aromatic N) is 3. The minimum atomic E-state index is -0.360. The minimum Gasteiger partial charge on any atom is -0.332 e. The Kier molecular flexibility index (Phi) is 5.33. The lowest BCUT2D eigenvalue weighted by Crippen LogP contribution is -2.29. The van der Waals surface area contributed by atoms with Gasteiger partial charge in [-0.15, -0.1) is 6.58 Å². The van der Waals surface area contributed by atoms with Gasteiger partial charge in [0, 0.05) is 36.4 Å². The number of amides is 1. The molecule has 1 aromatic carbocycles. The van der Waals surface area contributed by atoms with Crippen molar-refractivity contribution in [2.45, 2.75) is 20.0 Å². The van der Waals surface area contributed by atoms with Gasteiger partial charge in [0.25, 0.3) is 0 Å². The van der Waals surface area contributed by atoms with E-state index < -0.39 is 0 Å². The molecule has 2 aromatic rings. The third-order valence-corrected chi connectivity index (χ3v) is 3.67. The molecule has 0 bridgehead atoms. The van der Waals surface area contributed by atoms with E-state index in [0.717, 1.165) is 0 Å². The Morgan fingerprint density at radius 2 is 2.32 bits per heavy atom. The molecule has 0 aliphatic carbocycles. The van der Waals surface area contributed by atoms with E-state index in [2.05, 4.69) is 11.6 Å². The van der Waals surface area contributed by atoms with Crippen molar-refractivity contribution in [3.05, 3.63) is 65.5 Å². The first kappa shape index (κ1) is 16.2. The highest BCUT2D eigenvalue weighted by molar-refractivity contribution is 6.31. The molecule has 1 aromatic heterocycles. The van der Waals surface area contributed by atoms with Gasteiger partial charge in [0.1, 0.15) is 11.6 Å². The van der Waals surface area contributed by atoms with Crippen LogP contribution in [0, 0.1) is 5.82 Å². The summed E-state index contributed by atoms with van der Waals surface area (Å²) in [5, 5.41) is 0.370. The second-order valence-electron chi connectivity index (χ2n) is 4.86. The molecule has 4 nitrogen and oxygen atoms in total. The second-order valence-corrected chi connectivity index (χ2v) is 5.27. The maximum atomic E-state index is 13.9. The van der Waals surface area contributed by atoms with E-state index in [9.17, 15) is 9.18 Å². The molecule has 6 heteroatoms. The smallest absolute Gasteiger partial charge is 0.220 e. The van der Waals surface area contributed by atoms with E-state index in [4.69, 9.17) is 11.6 Å². The van der Waals surface area contributed by atoms with Crippen LogP contribution in [-0.2, 0) is 17.9 Å². The van der Waals surface area contributed by atoms with Crippen molar-refractivity contribution in [1.82, 2.24) is 14.5 Å². The van der Waals surface area contributed by atoms with Crippen molar-refractivity contribution in [2.24, 2.45) is 0 Å². The summed E-state index contributed by atoms with van der Waals surface area (Å²) >= 11 is 6.05. The van der Waals surface area contributed by atoms with Gasteiger partial charge in [0.05, 0.1) is 13.1 Å². The Balaban J connectivity index is 2.22. The fraction of sp³-hybridized carbons (Fsp3) is 0.250. The first-order chi connectivity index (χ1) is 10.5. The molecule has 22 heavy (non-hydrogen) atoms. The number of carbonyl (C=O) groups excluding carboxylic acids is 1. The molecule has 0 aliphatic rings. The number of halogens is 2. The Morgan fingerprint density at radius 1 is 1.55 bits per heavy atom. The van der Waals surface area contributed by atoms with E-state index in [1.807, 2.05) is 0 Å². The third-order valence-electron chi connectivity index (χ3n) is 3.32. The van der Waals surface area contributed by atoms with Crippen LogP contribution in [0.15, 0.2) is 43.2 Å². The van der Waals surface area contributed by atoms with Gasteiger partial charge in [0.2, 0.25) is 5.91 Å². The van der Waals surface area contributed by atoms with Crippen LogP contribution in [-0.4, -0.2) is 26.9 Å². The van der Waals surface area contributed by atoms with Crippen LogP contribution in [0.5, 0.6) is 0 Å². The van der Waals surface area contributed by atoms with Crippen molar-refractivity contribution >= 4 is 17.5 Å². The molecular weight excluding hydrogens is 305 g/mol. The van der Waals surface area contributed by atoms with Crippen LogP contribution in [0.3, 0.4) is 0 Å². The van der Waals surface area contributed by atoms with E-state index in [1.54, 1.807) is 40.1 Å². The molecule has 1 amide bonds. The normalized spacial score (nSPS) is 10.5. The second kappa shape index (κ2) is 7.22. The lowest BCUT2D eigenvalue weighted by molar-refractivity contribution is -0.129. The molecule has 0 unspecified atom stereocenters. The molecule has 0 saturated heterocycles. The number of rotatable bonds is 6. The molecule has 2 rings (SSSR count). The molecule has 0 fully saturated rings. The quantitative estimate of drug-likeness (QED) is 0.766. The van der Waals surface area contributed by atoms with Crippen LogP contribution in [0.25, 0.3) is 0 Å². The van der Waals surface area contributed by atoms with Crippen LogP contribution < -0.4 is 0 Å². The average Bonchev–Trinajstić information content (AvgIpc) is 2.89. The first-order valence-corrected chi connectivity index (χ1v) is 7.20. The van der Waals surface area contributed by atoms with Crippen LogP contribution in [0.4, 0.5) is 4.39 Å². The summed E-state index contributed by atoms with van der Waals surface area (Å²) in [6.45, 7) is 6.16. The van der Waals surface area contributed by atoms with E-state index in [1.165, 1.54) is 13.0 Å². The maximum absolute atomic E-state index is 13.9. The summed E-state index contributed by atoms with van der Waals surface area (Å²) < 4.78 is 15.7. The van der Waals surface area contributed by atoms with Gasteiger partial charge in [-0.2, -0.15) is 0 Å². The van der Waals surface area contributed by atoms with Crippen molar-refractivity contribution < 1.29 is 9.18 Å². The van der Waals surface area contributed by atoms with Crippen molar-refractivity contribution in [2.75, 3.05) is 6.54 Å². The van der Waals surface area contributed by atoms with Crippen LogP contribution in [0.1, 0.15) is 18.3 Å². The molecule has 116 valence electrons. The summed E-state index contributed by atoms with van der Waals surface area (Å²) in [6.07, 6.45) is 5.02. The fourth-order valence-corrected chi connectivity index (χ4v) is 2.34. The molecule has 1 heterocycles. The van der Waals surface area contributed by atoms with Crippen LogP contribution in [0.2, 0.25) is 5.02 Å².